The monoisotopic (exact) mass is 270 g/mol. The van der Waals surface area contributed by atoms with Gasteiger partial charge in [-0.3, -0.25) is 0 Å². The molecule has 0 bridgehead atoms. The lowest BCUT2D eigenvalue weighted by molar-refractivity contribution is 0.331. The number of anilines is 1. The first kappa shape index (κ1) is 14.4. The van der Waals surface area contributed by atoms with Crippen LogP contribution in [-0.2, 0) is 13.0 Å². The van der Waals surface area contributed by atoms with E-state index < -0.39 is 0 Å². The van der Waals surface area contributed by atoms with E-state index in [0.717, 1.165) is 30.9 Å². The zero-order valence-electron chi connectivity index (χ0n) is 12.2. The molecule has 0 aliphatic heterocycles. The van der Waals surface area contributed by atoms with E-state index in [1.807, 2.05) is 30.3 Å². The molecule has 20 heavy (non-hydrogen) atoms. The number of ether oxygens (including phenoxy) is 1. The Morgan fingerprint density at radius 2 is 1.80 bits per heavy atom. The Hall–Kier alpha value is -2.00. The lowest BCUT2D eigenvalue weighted by atomic mass is 10.1. The van der Waals surface area contributed by atoms with Crippen LogP contribution < -0.4 is 10.5 Å². The summed E-state index contributed by atoms with van der Waals surface area (Å²) in [5.74, 6) is 0.899. The SMILES string of the molecule is COc1ccc(CN(C)CCc2cccc(N)c2)cc1. The first-order chi connectivity index (χ1) is 9.67. The summed E-state index contributed by atoms with van der Waals surface area (Å²) in [5, 5.41) is 0. The molecule has 0 aromatic heterocycles. The van der Waals surface area contributed by atoms with Crippen LogP contribution in [0.15, 0.2) is 48.5 Å². The van der Waals surface area contributed by atoms with E-state index in [-0.39, 0.29) is 0 Å². The molecule has 2 N–H and O–H groups in total. The van der Waals surface area contributed by atoms with Gasteiger partial charge in [-0.25, -0.2) is 0 Å². The molecule has 2 rings (SSSR count). The fourth-order valence-corrected chi connectivity index (χ4v) is 2.19. The minimum Gasteiger partial charge on any atom is -0.497 e. The predicted molar refractivity (Wildman–Crippen MR) is 83.9 cm³/mol. The summed E-state index contributed by atoms with van der Waals surface area (Å²) in [4.78, 5) is 2.31. The van der Waals surface area contributed by atoms with Crippen molar-refractivity contribution in [2.45, 2.75) is 13.0 Å². The highest BCUT2D eigenvalue weighted by Crippen LogP contribution is 2.13. The smallest absolute Gasteiger partial charge is 0.118 e. The normalized spacial score (nSPS) is 10.8. The third kappa shape index (κ3) is 4.28. The highest BCUT2D eigenvalue weighted by molar-refractivity contribution is 5.40. The summed E-state index contributed by atoms with van der Waals surface area (Å²) in [6.07, 6.45) is 1.01. The molecular formula is C17H22N2O. The third-order valence-corrected chi connectivity index (χ3v) is 3.34. The molecule has 0 saturated carbocycles. The van der Waals surface area contributed by atoms with Gasteiger partial charge < -0.3 is 15.4 Å². The van der Waals surface area contributed by atoms with Gasteiger partial charge in [-0.2, -0.15) is 0 Å². The first-order valence-electron chi connectivity index (χ1n) is 6.83. The molecule has 0 aliphatic rings. The Kier molecular flexibility index (Phi) is 5.02. The van der Waals surface area contributed by atoms with E-state index in [4.69, 9.17) is 10.5 Å². The number of hydrogen-bond donors (Lipinski definition) is 1. The van der Waals surface area contributed by atoms with Crippen LogP contribution >= 0.6 is 0 Å². The molecule has 2 aromatic carbocycles. The van der Waals surface area contributed by atoms with Gasteiger partial charge in [-0.05, 0) is 48.9 Å². The molecule has 2 aromatic rings. The third-order valence-electron chi connectivity index (χ3n) is 3.34. The van der Waals surface area contributed by atoms with Crippen molar-refractivity contribution in [2.75, 3.05) is 26.4 Å². The maximum atomic E-state index is 5.79. The van der Waals surface area contributed by atoms with Gasteiger partial charge in [-0.15, -0.1) is 0 Å². The molecule has 0 saturated heterocycles. The van der Waals surface area contributed by atoms with Crippen LogP contribution in [0.2, 0.25) is 0 Å². The molecule has 0 aliphatic carbocycles. The van der Waals surface area contributed by atoms with Crippen molar-refractivity contribution in [3.63, 3.8) is 0 Å². The van der Waals surface area contributed by atoms with E-state index in [1.54, 1.807) is 7.11 Å². The van der Waals surface area contributed by atoms with Crippen molar-refractivity contribution in [3.8, 4) is 5.75 Å². The van der Waals surface area contributed by atoms with Crippen molar-refractivity contribution in [3.05, 3.63) is 59.7 Å². The molecule has 0 spiro atoms. The Labute approximate surface area is 121 Å². The van der Waals surface area contributed by atoms with E-state index in [1.165, 1.54) is 11.1 Å². The van der Waals surface area contributed by atoms with Crippen LogP contribution in [0.1, 0.15) is 11.1 Å². The van der Waals surface area contributed by atoms with E-state index >= 15 is 0 Å². The number of nitrogens with two attached hydrogens (primary N) is 1. The van der Waals surface area contributed by atoms with Gasteiger partial charge >= 0.3 is 0 Å². The number of rotatable bonds is 6. The largest absolute Gasteiger partial charge is 0.497 e. The van der Waals surface area contributed by atoms with Crippen LogP contribution in [-0.4, -0.2) is 25.6 Å². The highest BCUT2D eigenvalue weighted by Gasteiger charge is 2.02. The number of nitrogen functional groups attached to an aromatic ring is 1. The number of hydrogen-bond acceptors (Lipinski definition) is 3. The maximum absolute atomic E-state index is 5.79. The second kappa shape index (κ2) is 6.96. The van der Waals surface area contributed by atoms with Gasteiger partial charge in [0.1, 0.15) is 5.75 Å². The molecule has 3 heteroatoms. The van der Waals surface area contributed by atoms with Gasteiger partial charge in [0.05, 0.1) is 7.11 Å². The van der Waals surface area contributed by atoms with E-state index in [9.17, 15) is 0 Å². The van der Waals surface area contributed by atoms with Crippen LogP contribution in [0.25, 0.3) is 0 Å². The molecule has 3 nitrogen and oxygen atoms in total. The number of nitrogens with zero attached hydrogens (tertiary/aromatic N) is 1. The lowest BCUT2D eigenvalue weighted by Gasteiger charge is -2.17. The summed E-state index contributed by atoms with van der Waals surface area (Å²) in [5.41, 5.74) is 9.20. The molecule has 0 heterocycles. The Morgan fingerprint density at radius 1 is 1.05 bits per heavy atom. The van der Waals surface area contributed by atoms with Gasteiger partial charge in [0.2, 0.25) is 0 Å². The molecule has 0 atom stereocenters. The molecule has 0 radical (unpaired) electrons. The lowest BCUT2D eigenvalue weighted by Crippen LogP contribution is -2.20. The fourth-order valence-electron chi connectivity index (χ4n) is 2.19. The molecule has 0 unspecified atom stereocenters. The fraction of sp³-hybridized carbons (Fsp3) is 0.294. The van der Waals surface area contributed by atoms with Gasteiger partial charge in [0, 0.05) is 18.8 Å². The minimum atomic E-state index is 0.834. The van der Waals surface area contributed by atoms with Gasteiger partial charge in [-0.1, -0.05) is 24.3 Å². The van der Waals surface area contributed by atoms with Crippen molar-refractivity contribution in [1.82, 2.24) is 4.90 Å². The number of methoxy groups -OCH3 is 1. The molecular weight excluding hydrogens is 248 g/mol. The second-order valence-electron chi connectivity index (χ2n) is 5.08. The topological polar surface area (TPSA) is 38.5 Å². The predicted octanol–water partition coefficient (Wildman–Crippen LogP) is 2.95. The summed E-state index contributed by atoms with van der Waals surface area (Å²) >= 11 is 0. The van der Waals surface area contributed by atoms with Crippen LogP contribution in [0, 0.1) is 0 Å². The second-order valence-corrected chi connectivity index (χ2v) is 5.08. The van der Waals surface area contributed by atoms with Crippen LogP contribution in [0.5, 0.6) is 5.75 Å². The molecule has 0 fully saturated rings. The van der Waals surface area contributed by atoms with Crippen molar-refractivity contribution in [2.24, 2.45) is 0 Å². The van der Waals surface area contributed by atoms with Crippen LogP contribution in [0.4, 0.5) is 5.69 Å². The Balaban J connectivity index is 1.84. The standard InChI is InChI=1S/C17H22N2O/c1-19(11-10-14-4-3-5-16(18)12-14)13-15-6-8-17(20-2)9-7-15/h3-9,12H,10-11,13,18H2,1-2H3. The van der Waals surface area contributed by atoms with E-state index in [2.05, 4.69) is 30.1 Å². The summed E-state index contributed by atoms with van der Waals surface area (Å²) < 4.78 is 5.17. The number of benzene rings is 2. The highest BCUT2D eigenvalue weighted by atomic mass is 16.5. The maximum Gasteiger partial charge on any atom is 0.118 e. The first-order valence-corrected chi connectivity index (χ1v) is 6.83. The summed E-state index contributed by atoms with van der Waals surface area (Å²) in [7, 11) is 3.82. The Bertz CT molecular complexity index is 537. The van der Waals surface area contributed by atoms with Crippen LogP contribution in [0.3, 0.4) is 0 Å². The van der Waals surface area contributed by atoms with Crippen molar-refractivity contribution >= 4 is 5.69 Å². The minimum absolute atomic E-state index is 0.834. The van der Waals surface area contributed by atoms with E-state index in [0.29, 0.717) is 0 Å². The average molecular weight is 270 g/mol. The number of likely N-dealkylation sites (N-methyl/N-ethyl adjacent to an activating group) is 1. The van der Waals surface area contributed by atoms with Crippen molar-refractivity contribution < 1.29 is 4.74 Å². The van der Waals surface area contributed by atoms with Gasteiger partial charge in [0.25, 0.3) is 0 Å². The molecule has 0 amide bonds. The zero-order valence-corrected chi connectivity index (χ0v) is 12.2. The Morgan fingerprint density at radius 3 is 2.45 bits per heavy atom. The summed E-state index contributed by atoms with van der Waals surface area (Å²) in [6, 6.07) is 16.3. The van der Waals surface area contributed by atoms with Gasteiger partial charge in [0.15, 0.2) is 0 Å². The average Bonchev–Trinajstić information content (AvgIpc) is 2.46. The molecule has 106 valence electrons. The zero-order chi connectivity index (χ0) is 14.4. The van der Waals surface area contributed by atoms with Crippen molar-refractivity contribution in [1.29, 1.82) is 0 Å². The quantitative estimate of drug-likeness (QED) is 0.820. The summed E-state index contributed by atoms with van der Waals surface area (Å²) in [6.45, 7) is 1.95.